The van der Waals surface area contributed by atoms with Crippen LogP contribution in [0.2, 0.25) is 0 Å². The Balaban J connectivity index is 3.17. The molecule has 0 aliphatic carbocycles. The quantitative estimate of drug-likeness (QED) is 0.444. The summed E-state index contributed by atoms with van der Waals surface area (Å²) >= 11 is 0. The number of carbonyl (C=O) groups is 2. The minimum absolute atomic E-state index is 0.0619. The number of hydrogen-bond donors (Lipinski definition) is 0. The summed E-state index contributed by atoms with van der Waals surface area (Å²) in [5.41, 5.74) is 1.96. The molecule has 0 spiro atoms. The SMILES string of the molecule is C=CCc1ccc(C([SiH3])(C(C)=O)C(C)=O)cc1. The topological polar surface area (TPSA) is 34.1 Å². The van der Waals surface area contributed by atoms with Crippen LogP contribution in [0.5, 0.6) is 0 Å². The smallest absolute Gasteiger partial charge is 0.143 e. The van der Waals surface area contributed by atoms with Crippen molar-refractivity contribution in [1.29, 1.82) is 0 Å². The molecule has 17 heavy (non-hydrogen) atoms. The van der Waals surface area contributed by atoms with Gasteiger partial charge in [-0.25, -0.2) is 0 Å². The van der Waals surface area contributed by atoms with Gasteiger partial charge in [0, 0.05) is 10.2 Å². The summed E-state index contributed by atoms with van der Waals surface area (Å²) in [5.74, 6) is -0.124. The van der Waals surface area contributed by atoms with Gasteiger partial charge in [0.15, 0.2) is 0 Å². The third-order valence-electron chi connectivity index (χ3n) is 3.32. The number of Topliss-reactive ketones (excluding diaryl/α,β-unsaturated/α-hetero) is 2. The number of benzene rings is 1. The Morgan fingerprint density at radius 2 is 1.71 bits per heavy atom. The molecular weight excluding hydrogens is 228 g/mol. The van der Waals surface area contributed by atoms with Crippen molar-refractivity contribution >= 4 is 21.8 Å². The van der Waals surface area contributed by atoms with Crippen molar-refractivity contribution in [3.63, 3.8) is 0 Å². The Morgan fingerprint density at radius 1 is 1.24 bits per heavy atom. The Labute approximate surface area is 105 Å². The van der Waals surface area contributed by atoms with Gasteiger partial charge < -0.3 is 0 Å². The summed E-state index contributed by atoms with van der Waals surface area (Å²) in [6.45, 7) is 6.67. The first-order valence-electron chi connectivity index (χ1n) is 5.65. The van der Waals surface area contributed by atoms with Crippen molar-refractivity contribution in [3.05, 3.63) is 48.0 Å². The molecule has 1 aromatic carbocycles. The lowest BCUT2D eigenvalue weighted by atomic mass is 9.89. The van der Waals surface area contributed by atoms with Crippen LogP contribution in [0.4, 0.5) is 0 Å². The van der Waals surface area contributed by atoms with Gasteiger partial charge >= 0.3 is 0 Å². The first kappa shape index (κ1) is 13.6. The van der Waals surface area contributed by atoms with E-state index < -0.39 is 5.04 Å². The molecule has 1 aromatic rings. The van der Waals surface area contributed by atoms with Crippen molar-refractivity contribution in [2.45, 2.75) is 25.3 Å². The van der Waals surface area contributed by atoms with Gasteiger partial charge in [0.2, 0.25) is 0 Å². The maximum Gasteiger partial charge on any atom is 0.143 e. The van der Waals surface area contributed by atoms with Gasteiger partial charge in [-0.3, -0.25) is 9.59 Å². The largest absolute Gasteiger partial charge is 0.299 e. The predicted molar refractivity (Wildman–Crippen MR) is 73.3 cm³/mol. The monoisotopic (exact) mass is 246 g/mol. The van der Waals surface area contributed by atoms with Crippen LogP contribution in [0.15, 0.2) is 36.9 Å². The van der Waals surface area contributed by atoms with Crippen LogP contribution in [-0.2, 0) is 21.0 Å². The van der Waals surface area contributed by atoms with E-state index in [4.69, 9.17) is 0 Å². The van der Waals surface area contributed by atoms with E-state index in [2.05, 4.69) is 6.58 Å². The molecule has 0 atom stereocenters. The molecule has 90 valence electrons. The number of carbonyl (C=O) groups excluding carboxylic acids is 2. The van der Waals surface area contributed by atoms with Gasteiger partial charge in [0.1, 0.15) is 11.6 Å². The Kier molecular flexibility index (Phi) is 4.18. The first-order chi connectivity index (χ1) is 7.92. The molecule has 0 aliphatic rings. The molecule has 0 saturated heterocycles. The second kappa shape index (κ2) is 5.23. The molecule has 0 aromatic heterocycles. The fourth-order valence-corrected chi connectivity index (χ4v) is 2.13. The van der Waals surface area contributed by atoms with Gasteiger partial charge in [0.25, 0.3) is 0 Å². The van der Waals surface area contributed by atoms with Gasteiger partial charge in [-0.15, -0.1) is 6.58 Å². The van der Waals surface area contributed by atoms with Crippen molar-refractivity contribution in [2.24, 2.45) is 0 Å². The van der Waals surface area contributed by atoms with E-state index in [1.807, 2.05) is 30.3 Å². The van der Waals surface area contributed by atoms with Crippen LogP contribution in [0.1, 0.15) is 25.0 Å². The van der Waals surface area contributed by atoms with E-state index in [1.165, 1.54) is 13.8 Å². The molecule has 0 bridgehead atoms. The highest BCUT2D eigenvalue weighted by atomic mass is 28.1. The van der Waals surface area contributed by atoms with Crippen molar-refractivity contribution in [3.8, 4) is 0 Å². The zero-order valence-corrected chi connectivity index (χ0v) is 12.6. The molecule has 3 heteroatoms. The third kappa shape index (κ3) is 2.61. The Morgan fingerprint density at radius 3 is 2.06 bits per heavy atom. The second-order valence-electron chi connectivity index (χ2n) is 4.43. The highest BCUT2D eigenvalue weighted by Crippen LogP contribution is 2.23. The summed E-state index contributed by atoms with van der Waals surface area (Å²) in [5, 5.41) is -0.882. The van der Waals surface area contributed by atoms with Gasteiger partial charge in [-0.1, -0.05) is 30.3 Å². The van der Waals surface area contributed by atoms with Crippen LogP contribution in [0, 0.1) is 0 Å². The molecule has 0 radical (unpaired) electrons. The zero-order valence-electron chi connectivity index (χ0n) is 10.6. The average Bonchev–Trinajstić information content (AvgIpc) is 2.28. The van der Waals surface area contributed by atoms with Crippen LogP contribution in [0.25, 0.3) is 0 Å². The molecule has 0 N–H and O–H groups in total. The lowest BCUT2D eigenvalue weighted by Crippen LogP contribution is -2.41. The summed E-state index contributed by atoms with van der Waals surface area (Å²) in [7, 11) is 0.506. The molecule has 2 nitrogen and oxygen atoms in total. The number of hydrogen-bond acceptors (Lipinski definition) is 2. The van der Waals surface area contributed by atoms with Crippen molar-refractivity contribution < 1.29 is 9.59 Å². The van der Waals surface area contributed by atoms with Crippen molar-refractivity contribution in [2.75, 3.05) is 0 Å². The lowest BCUT2D eigenvalue weighted by molar-refractivity contribution is -0.128. The minimum atomic E-state index is -0.882. The highest BCUT2D eigenvalue weighted by molar-refractivity contribution is 6.41. The lowest BCUT2D eigenvalue weighted by Gasteiger charge is -2.24. The molecule has 0 unspecified atom stereocenters. The van der Waals surface area contributed by atoms with E-state index in [0.717, 1.165) is 17.5 Å². The molecule has 0 saturated carbocycles. The van der Waals surface area contributed by atoms with E-state index in [-0.39, 0.29) is 11.6 Å². The van der Waals surface area contributed by atoms with Gasteiger partial charge in [-0.2, -0.15) is 0 Å². The summed E-state index contributed by atoms with van der Waals surface area (Å²) < 4.78 is 0. The average molecular weight is 246 g/mol. The van der Waals surface area contributed by atoms with Gasteiger partial charge in [0.05, 0.1) is 5.04 Å². The van der Waals surface area contributed by atoms with Crippen LogP contribution in [0.3, 0.4) is 0 Å². The van der Waals surface area contributed by atoms with Gasteiger partial charge in [-0.05, 0) is 31.4 Å². The Bertz CT molecular complexity index is 432. The van der Waals surface area contributed by atoms with E-state index in [1.54, 1.807) is 0 Å². The number of ketones is 2. The number of allylic oxidation sites excluding steroid dienone is 1. The standard InChI is InChI=1S/C14H18O2Si/c1-4-5-12-6-8-13(9-7-12)14(17,10(2)15)11(3)16/h4,6-9H,1,5H2,2-3,17H3. The van der Waals surface area contributed by atoms with E-state index >= 15 is 0 Å². The maximum atomic E-state index is 11.7. The molecule has 0 aliphatic heterocycles. The number of rotatable bonds is 5. The molecule has 0 amide bonds. The normalized spacial score (nSPS) is 11.2. The fourth-order valence-electron chi connectivity index (χ4n) is 1.80. The molecule has 0 fully saturated rings. The Hall–Kier alpha value is -1.48. The maximum absolute atomic E-state index is 11.7. The molecular formula is C14H18O2Si. The van der Waals surface area contributed by atoms with Crippen LogP contribution < -0.4 is 0 Å². The summed E-state index contributed by atoms with van der Waals surface area (Å²) in [6.07, 6.45) is 2.63. The highest BCUT2D eigenvalue weighted by Gasteiger charge is 2.36. The fraction of sp³-hybridized carbons (Fsp3) is 0.286. The van der Waals surface area contributed by atoms with Crippen molar-refractivity contribution in [1.82, 2.24) is 0 Å². The van der Waals surface area contributed by atoms with Crippen LogP contribution in [-0.4, -0.2) is 21.8 Å². The van der Waals surface area contributed by atoms with E-state index in [9.17, 15) is 9.59 Å². The second-order valence-corrected chi connectivity index (χ2v) is 5.93. The zero-order chi connectivity index (χ0) is 13.1. The van der Waals surface area contributed by atoms with Crippen LogP contribution >= 0.6 is 0 Å². The van der Waals surface area contributed by atoms with E-state index in [0.29, 0.717) is 10.2 Å². The summed E-state index contributed by atoms with van der Waals surface area (Å²) in [6, 6.07) is 7.67. The molecule has 0 heterocycles. The third-order valence-corrected chi connectivity index (χ3v) is 5.31. The molecule has 1 rings (SSSR count). The summed E-state index contributed by atoms with van der Waals surface area (Å²) in [4.78, 5) is 23.4. The predicted octanol–water partition coefficient (Wildman–Crippen LogP) is 1.15. The minimum Gasteiger partial charge on any atom is -0.299 e. The first-order valence-corrected chi connectivity index (χ1v) is 6.65.